The minimum atomic E-state index is -0.726. The molecule has 0 bridgehead atoms. The van der Waals surface area contributed by atoms with Gasteiger partial charge in [0.1, 0.15) is 11.8 Å². The molecule has 5 nitrogen and oxygen atoms in total. The van der Waals surface area contributed by atoms with Gasteiger partial charge in [-0.15, -0.1) is 0 Å². The Hall–Kier alpha value is -2.58. The second-order valence-electron chi connectivity index (χ2n) is 8.38. The summed E-state index contributed by atoms with van der Waals surface area (Å²) in [6.07, 6.45) is 1.17. The Balaban J connectivity index is 1.91. The Bertz CT molecular complexity index is 1110. The van der Waals surface area contributed by atoms with Crippen LogP contribution in [0.3, 0.4) is 0 Å². The SMILES string of the molecule is CC[C@@H](C)NC(=O)[C@@H](Cc1ccccc1)N(Cc1ccccc1Cl)C(=O)COc1ccc(I)cc1. The van der Waals surface area contributed by atoms with Crippen LogP contribution in [0.1, 0.15) is 31.4 Å². The van der Waals surface area contributed by atoms with E-state index in [1.165, 1.54) is 0 Å². The van der Waals surface area contributed by atoms with Crippen molar-refractivity contribution >= 4 is 46.0 Å². The van der Waals surface area contributed by atoms with Crippen LogP contribution < -0.4 is 10.1 Å². The molecule has 0 spiro atoms. The van der Waals surface area contributed by atoms with Gasteiger partial charge >= 0.3 is 0 Å². The van der Waals surface area contributed by atoms with Gasteiger partial charge in [-0.3, -0.25) is 9.59 Å². The van der Waals surface area contributed by atoms with Gasteiger partial charge in [0, 0.05) is 27.6 Å². The van der Waals surface area contributed by atoms with Crippen LogP contribution in [-0.4, -0.2) is 35.4 Å². The maximum Gasteiger partial charge on any atom is 0.261 e. The van der Waals surface area contributed by atoms with E-state index in [0.29, 0.717) is 17.2 Å². The van der Waals surface area contributed by atoms with Crippen LogP contribution in [0.15, 0.2) is 78.9 Å². The normalized spacial score (nSPS) is 12.5. The highest BCUT2D eigenvalue weighted by Gasteiger charge is 2.31. The highest BCUT2D eigenvalue weighted by atomic mass is 127. The van der Waals surface area contributed by atoms with E-state index >= 15 is 0 Å². The Morgan fingerprint density at radius 1 is 1.00 bits per heavy atom. The molecule has 35 heavy (non-hydrogen) atoms. The van der Waals surface area contributed by atoms with Crippen molar-refractivity contribution in [3.8, 4) is 5.75 Å². The molecule has 0 aliphatic rings. The van der Waals surface area contributed by atoms with Crippen molar-refractivity contribution in [3.05, 3.63) is 98.6 Å². The minimum Gasteiger partial charge on any atom is -0.484 e. The zero-order chi connectivity index (χ0) is 25.2. The highest BCUT2D eigenvalue weighted by molar-refractivity contribution is 14.1. The van der Waals surface area contributed by atoms with E-state index in [2.05, 4.69) is 27.9 Å². The van der Waals surface area contributed by atoms with Gasteiger partial charge in [-0.05, 0) is 77.4 Å². The topological polar surface area (TPSA) is 58.6 Å². The van der Waals surface area contributed by atoms with Crippen LogP contribution in [0.25, 0.3) is 0 Å². The summed E-state index contributed by atoms with van der Waals surface area (Å²) >= 11 is 8.66. The fourth-order valence-electron chi connectivity index (χ4n) is 3.56. The van der Waals surface area contributed by atoms with Crippen molar-refractivity contribution in [2.75, 3.05) is 6.61 Å². The van der Waals surface area contributed by atoms with Gasteiger partial charge in [-0.25, -0.2) is 0 Å². The summed E-state index contributed by atoms with van der Waals surface area (Å²) in [7, 11) is 0. The number of carbonyl (C=O) groups is 2. The van der Waals surface area contributed by atoms with E-state index in [1.54, 1.807) is 11.0 Å². The molecule has 7 heteroatoms. The van der Waals surface area contributed by atoms with Gasteiger partial charge in [0.05, 0.1) is 0 Å². The molecule has 3 rings (SSSR count). The third-order valence-electron chi connectivity index (χ3n) is 5.75. The number of hydrogen-bond donors (Lipinski definition) is 1. The van der Waals surface area contributed by atoms with E-state index in [0.717, 1.165) is 21.1 Å². The molecule has 2 amide bonds. The first-order chi connectivity index (χ1) is 16.9. The van der Waals surface area contributed by atoms with Crippen molar-refractivity contribution in [2.45, 2.75) is 45.3 Å². The van der Waals surface area contributed by atoms with Crippen LogP contribution in [0.5, 0.6) is 5.75 Å². The van der Waals surface area contributed by atoms with Gasteiger partial charge in [0.25, 0.3) is 5.91 Å². The number of nitrogens with one attached hydrogen (secondary N) is 1. The Morgan fingerprint density at radius 2 is 1.66 bits per heavy atom. The predicted molar refractivity (Wildman–Crippen MR) is 148 cm³/mol. The second kappa shape index (κ2) is 13.5. The fourth-order valence-corrected chi connectivity index (χ4v) is 4.12. The first-order valence-electron chi connectivity index (χ1n) is 11.6. The summed E-state index contributed by atoms with van der Waals surface area (Å²) in [5, 5.41) is 3.60. The fraction of sp³-hybridized carbons (Fsp3) is 0.286. The van der Waals surface area contributed by atoms with Crippen LogP contribution >= 0.6 is 34.2 Å². The molecular weight excluding hydrogens is 575 g/mol. The molecule has 0 heterocycles. The van der Waals surface area contributed by atoms with Crippen molar-refractivity contribution in [1.82, 2.24) is 10.2 Å². The molecule has 0 aromatic heterocycles. The maximum atomic E-state index is 13.6. The van der Waals surface area contributed by atoms with E-state index in [9.17, 15) is 9.59 Å². The van der Waals surface area contributed by atoms with E-state index < -0.39 is 6.04 Å². The van der Waals surface area contributed by atoms with E-state index in [1.807, 2.05) is 86.6 Å². The molecule has 3 aromatic carbocycles. The van der Waals surface area contributed by atoms with Crippen molar-refractivity contribution < 1.29 is 14.3 Å². The molecule has 184 valence electrons. The van der Waals surface area contributed by atoms with Crippen molar-refractivity contribution in [3.63, 3.8) is 0 Å². The number of benzene rings is 3. The molecule has 0 saturated heterocycles. The first-order valence-corrected chi connectivity index (χ1v) is 13.1. The first kappa shape index (κ1) is 27.0. The molecular formula is C28H30ClIN2O3. The Morgan fingerprint density at radius 3 is 2.31 bits per heavy atom. The lowest BCUT2D eigenvalue weighted by Crippen LogP contribution is -2.53. The van der Waals surface area contributed by atoms with Crippen LogP contribution in [0.4, 0.5) is 0 Å². The third kappa shape index (κ3) is 8.25. The molecule has 0 fully saturated rings. The Kier molecular flexibility index (Phi) is 10.4. The lowest BCUT2D eigenvalue weighted by atomic mass is 10.0. The number of carbonyl (C=O) groups excluding carboxylic acids is 2. The Labute approximate surface area is 226 Å². The summed E-state index contributed by atoms with van der Waals surface area (Å²) in [6.45, 7) is 3.98. The number of hydrogen-bond acceptors (Lipinski definition) is 3. The van der Waals surface area contributed by atoms with Gasteiger partial charge in [-0.1, -0.05) is 67.1 Å². The largest absolute Gasteiger partial charge is 0.484 e. The summed E-state index contributed by atoms with van der Waals surface area (Å²) in [5.41, 5.74) is 1.73. The second-order valence-corrected chi connectivity index (χ2v) is 10.0. The van der Waals surface area contributed by atoms with Crippen LogP contribution in [-0.2, 0) is 22.6 Å². The number of ether oxygens (including phenoxy) is 1. The summed E-state index contributed by atoms with van der Waals surface area (Å²) in [6, 6.07) is 23.8. The van der Waals surface area contributed by atoms with Gasteiger partial charge in [0.2, 0.25) is 5.91 Å². The third-order valence-corrected chi connectivity index (χ3v) is 6.83. The zero-order valence-electron chi connectivity index (χ0n) is 19.9. The van der Waals surface area contributed by atoms with Crippen molar-refractivity contribution in [2.24, 2.45) is 0 Å². The summed E-state index contributed by atoms with van der Waals surface area (Å²) < 4.78 is 6.87. The molecule has 0 radical (unpaired) electrons. The van der Waals surface area contributed by atoms with E-state index in [-0.39, 0.29) is 31.0 Å². The highest BCUT2D eigenvalue weighted by Crippen LogP contribution is 2.21. The monoisotopic (exact) mass is 604 g/mol. The molecule has 0 aliphatic heterocycles. The lowest BCUT2D eigenvalue weighted by molar-refractivity contribution is -0.143. The minimum absolute atomic E-state index is 0.0129. The summed E-state index contributed by atoms with van der Waals surface area (Å²) in [4.78, 5) is 28.6. The number of nitrogens with zero attached hydrogens (tertiary/aromatic N) is 1. The summed E-state index contributed by atoms with van der Waals surface area (Å²) in [5.74, 6) is 0.113. The zero-order valence-corrected chi connectivity index (χ0v) is 22.8. The maximum absolute atomic E-state index is 13.6. The van der Waals surface area contributed by atoms with Gasteiger partial charge < -0.3 is 15.0 Å². The average molecular weight is 605 g/mol. The van der Waals surface area contributed by atoms with Crippen molar-refractivity contribution in [1.29, 1.82) is 0 Å². The molecule has 1 N–H and O–H groups in total. The number of halogens is 2. The molecule has 0 unspecified atom stereocenters. The predicted octanol–water partition coefficient (Wildman–Crippen LogP) is 5.88. The lowest BCUT2D eigenvalue weighted by Gasteiger charge is -2.32. The van der Waals surface area contributed by atoms with Gasteiger partial charge in [-0.2, -0.15) is 0 Å². The molecule has 0 aliphatic carbocycles. The number of rotatable bonds is 11. The standard InChI is InChI=1S/C28H30ClIN2O3/c1-3-20(2)31-28(34)26(17-21-9-5-4-6-10-21)32(18-22-11-7-8-12-25(22)29)27(33)19-35-24-15-13-23(30)14-16-24/h4-16,20,26H,3,17-19H2,1-2H3,(H,31,34)/t20-,26-/m1/s1. The molecule has 2 atom stereocenters. The molecule has 3 aromatic rings. The van der Waals surface area contributed by atoms with Crippen LogP contribution in [0, 0.1) is 3.57 Å². The smallest absolute Gasteiger partial charge is 0.261 e. The van der Waals surface area contributed by atoms with E-state index in [4.69, 9.17) is 16.3 Å². The quantitative estimate of drug-likeness (QED) is 0.278. The average Bonchev–Trinajstić information content (AvgIpc) is 2.87. The molecule has 0 saturated carbocycles. The number of amides is 2. The van der Waals surface area contributed by atoms with Crippen LogP contribution in [0.2, 0.25) is 5.02 Å². The van der Waals surface area contributed by atoms with Gasteiger partial charge in [0.15, 0.2) is 6.61 Å².